The average Bonchev–Trinajstić information content (AvgIpc) is 3.71. The number of nitrogens with one attached hydrogen (secondary N) is 1. The number of rotatable bonds is 9. The van der Waals surface area contributed by atoms with Crippen LogP contribution in [0.5, 0.6) is 5.88 Å². The van der Waals surface area contributed by atoms with Gasteiger partial charge in [-0.2, -0.15) is 4.31 Å². The van der Waals surface area contributed by atoms with Crippen molar-refractivity contribution < 1.29 is 22.7 Å². The number of amides is 1. The highest BCUT2D eigenvalue weighted by Crippen LogP contribution is 2.44. The molecule has 2 aliphatic rings. The lowest BCUT2D eigenvalue weighted by molar-refractivity contribution is -0.130. The first kappa shape index (κ1) is 33.0. The maximum Gasteiger partial charge on any atom is 0.248 e. The molecular weight excluding hydrogens is 616 g/mol. The Bertz CT molecular complexity index is 1900. The quantitative estimate of drug-likeness (QED) is 0.269. The number of carbonyl (C=O) groups is 1. The summed E-state index contributed by atoms with van der Waals surface area (Å²) in [5.74, 6) is -0.310. The molecule has 0 bridgehead atoms. The molecule has 6 rings (SSSR count). The van der Waals surface area contributed by atoms with Crippen LogP contribution in [-0.2, 0) is 32.6 Å². The summed E-state index contributed by atoms with van der Waals surface area (Å²) in [4.78, 5) is 18.4. The van der Waals surface area contributed by atoms with Gasteiger partial charge < -0.3 is 14.8 Å². The molecule has 1 fully saturated rings. The van der Waals surface area contributed by atoms with Gasteiger partial charge in [-0.25, -0.2) is 18.1 Å². The third-order valence-electron chi connectivity index (χ3n) is 9.71. The van der Waals surface area contributed by atoms with E-state index in [1.54, 1.807) is 18.3 Å². The minimum atomic E-state index is -3.90. The second-order valence-corrected chi connectivity index (χ2v) is 15.1. The van der Waals surface area contributed by atoms with Gasteiger partial charge in [0.25, 0.3) is 0 Å². The molecule has 0 aliphatic carbocycles. The zero-order valence-corrected chi connectivity index (χ0v) is 28.8. The summed E-state index contributed by atoms with van der Waals surface area (Å²) >= 11 is 0. The van der Waals surface area contributed by atoms with Crippen molar-refractivity contribution in [2.24, 2.45) is 5.41 Å². The maximum absolute atomic E-state index is 14.1. The molecule has 4 heterocycles. The normalized spacial score (nSPS) is 20.4. The minimum absolute atomic E-state index is 0.0385. The lowest BCUT2D eigenvalue weighted by Crippen LogP contribution is -2.46. The highest BCUT2D eigenvalue weighted by atomic mass is 32.2. The van der Waals surface area contributed by atoms with Crippen LogP contribution in [0.2, 0.25) is 0 Å². The van der Waals surface area contributed by atoms with Crippen LogP contribution in [0.1, 0.15) is 74.3 Å². The summed E-state index contributed by atoms with van der Waals surface area (Å²) in [6.45, 7) is 14.1. The van der Waals surface area contributed by atoms with Crippen LogP contribution >= 0.6 is 0 Å². The van der Waals surface area contributed by atoms with Crippen LogP contribution in [0, 0.1) is 19.3 Å². The Morgan fingerprint density at radius 1 is 1.15 bits per heavy atom. The van der Waals surface area contributed by atoms with E-state index in [9.17, 15) is 13.2 Å². The van der Waals surface area contributed by atoms with E-state index in [-0.39, 0.29) is 47.8 Å². The van der Waals surface area contributed by atoms with Gasteiger partial charge in [-0.3, -0.25) is 4.79 Å². The van der Waals surface area contributed by atoms with Crippen molar-refractivity contribution in [2.75, 3.05) is 19.8 Å². The first-order valence-electron chi connectivity index (χ1n) is 16.4. The van der Waals surface area contributed by atoms with Gasteiger partial charge in [0.2, 0.25) is 21.8 Å². The molecule has 0 spiro atoms. The second kappa shape index (κ2) is 13.0. The third-order valence-corrected chi connectivity index (χ3v) is 11.5. The van der Waals surface area contributed by atoms with E-state index in [1.807, 2.05) is 58.4 Å². The van der Waals surface area contributed by atoms with Gasteiger partial charge in [-0.15, -0.1) is 5.10 Å². The molecule has 4 aromatic rings. The molecule has 1 N–H and O–H groups in total. The molecule has 1 amide bonds. The average molecular weight is 661 g/mol. The summed E-state index contributed by atoms with van der Waals surface area (Å²) < 4.78 is 42.9. The number of nitrogens with zero attached hydrogens (tertiary/aromatic N) is 5. The Morgan fingerprint density at radius 2 is 1.96 bits per heavy atom. The van der Waals surface area contributed by atoms with E-state index >= 15 is 0 Å². The summed E-state index contributed by atoms with van der Waals surface area (Å²) in [5, 5.41) is 12.1. The number of ether oxygens (including phenoxy) is 2. The Labute approximate surface area is 276 Å². The molecule has 1 saturated heterocycles. The van der Waals surface area contributed by atoms with Crippen molar-refractivity contribution in [1.29, 1.82) is 0 Å². The Hall–Kier alpha value is -3.87. The van der Waals surface area contributed by atoms with E-state index in [1.165, 1.54) is 4.31 Å². The van der Waals surface area contributed by atoms with Gasteiger partial charge in [-0.05, 0) is 79.6 Å². The number of hydrogen-bond acceptors (Lipinski definition) is 8. The number of hydrogen-bond donors (Lipinski definition) is 1. The van der Waals surface area contributed by atoms with Crippen molar-refractivity contribution in [3.05, 3.63) is 76.5 Å². The largest absolute Gasteiger partial charge is 0.472 e. The van der Waals surface area contributed by atoms with Gasteiger partial charge in [0.1, 0.15) is 16.5 Å². The van der Waals surface area contributed by atoms with E-state index in [4.69, 9.17) is 9.47 Å². The maximum atomic E-state index is 14.1. The molecule has 12 heteroatoms. The number of benzene rings is 2. The van der Waals surface area contributed by atoms with Gasteiger partial charge >= 0.3 is 0 Å². The van der Waals surface area contributed by atoms with Gasteiger partial charge in [-0.1, -0.05) is 50.3 Å². The van der Waals surface area contributed by atoms with Gasteiger partial charge in [0, 0.05) is 31.8 Å². The van der Waals surface area contributed by atoms with E-state index in [0.717, 1.165) is 45.3 Å². The zero-order chi connectivity index (χ0) is 33.5. The third kappa shape index (κ3) is 6.14. The molecule has 0 saturated carbocycles. The number of pyridine rings is 1. The smallest absolute Gasteiger partial charge is 0.248 e. The minimum Gasteiger partial charge on any atom is -0.472 e. The van der Waals surface area contributed by atoms with E-state index < -0.39 is 15.4 Å². The zero-order valence-electron chi connectivity index (χ0n) is 28.0. The Morgan fingerprint density at radius 3 is 2.68 bits per heavy atom. The van der Waals surface area contributed by atoms with Crippen molar-refractivity contribution in [1.82, 2.24) is 29.6 Å². The standard InChI is InChI=1S/C35H44N6O5S/c1-7-27-20-40(47(43,44)30-10-9-16-36-33(30)46-27)19-25-18-24(12-11-22(25)3)31(35(5,6)34(42)37-26-15-17-45-21-26)28-13-14-29-32(23(28)4)38-39-41(29)8-2/h9-14,16,18,26-27,31H,7-8,15,17,19-21H2,1-6H3,(H,37,42)/t26-,27+,31-/m0/s1. The number of fused-ring (bicyclic) bond motifs is 2. The van der Waals surface area contributed by atoms with E-state index in [2.05, 4.69) is 38.8 Å². The van der Waals surface area contributed by atoms with Crippen LogP contribution < -0.4 is 10.1 Å². The highest BCUT2D eigenvalue weighted by Gasteiger charge is 2.42. The number of carbonyl (C=O) groups excluding carboxylic acids is 1. The number of aromatic nitrogens is 4. The molecule has 250 valence electrons. The highest BCUT2D eigenvalue weighted by molar-refractivity contribution is 7.89. The number of sulfonamides is 1. The van der Waals surface area contributed by atoms with Crippen LogP contribution in [0.4, 0.5) is 0 Å². The molecule has 0 radical (unpaired) electrons. The monoisotopic (exact) mass is 660 g/mol. The first-order chi connectivity index (χ1) is 22.4. The molecule has 11 nitrogen and oxygen atoms in total. The summed E-state index contributed by atoms with van der Waals surface area (Å²) in [5.41, 5.74) is 5.50. The lowest BCUT2D eigenvalue weighted by atomic mass is 9.69. The molecule has 2 aliphatic heterocycles. The Kier molecular flexibility index (Phi) is 9.12. The second-order valence-electron chi connectivity index (χ2n) is 13.2. The van der Waals surface area contributed by atoms with Crippen LogP contribution in [-0.4, -0.2) is 70.5 Å². The summed E-state index contributed by atoms with van der Waals surface area (Å²) in [7, 11) is -3.90. The fourth-order valence-electron chi connectivity index (χ4n) is 6.78. The van der Waals surface area contributed by atoms with Crippen LogP contribution in [0.15, 0.2) is 53.6 Å². The SMILES string of the molecule is CC[C@@H]1CN(Cc2cc([C@@H](c3ccc4c(nnn4CC)c3C)C(C)(C)C(=O)N[C@H]3CCOC3)ccc2C)S(=O)(=O)c2cccnc2O1. The predicted molar refractivity (Wildman–Crippen MR) is 179 cm³/mol. The summed E-state index contributed by atoms with van der Waals surface area (Å²) in [6.07, 6.45) is 2.61. The molecular formula is C35H44N6O5S. The fraction of sp³-hybridized carbons (Fsp3) is 0.486. The summed E-state index contributed by atoms with van der Waals surface area (Å²) in [6, 6.07) is 13.4. The molecule has 0 unspecified atom stereocenters. The predicted octanol–water partition coefficient (Wildman–Crippen LogP) is 4.89. The first-order valence-corrected chi connectivity index (χ1v) is 17.8. The van der Waals surface area contributed by atoms with Crippen molar-refractivity contribution in [2.45, 2.75) is 90.4 Å². The van der Waals surface area contributed by atoms with E-state index in [0.29, 0.717) is 26.2 Å². The Balaban J connectivity index is 1.44. The topological polar surface area (TPSA) is 129 Å². The van der Waals surface area contributed by atoms with Crippen molar-refractivity contribution in [3.8, 4) is 5.88 Å². The molecule has 2 aromatic carbocycles. The fourth-order valence-corrected chi connectivity index (χ4v) is 8.30. The van der Waals surface area contributed by atoms with Crippen LogP contribution in [0.25, 0.3) is 11.0 Å². The van der Waals surface area contributed by atoms with Crippen molar-refractivity contribution >= 4 is 27.0 Å². The lowest BCUT2D eigenvalue weighted by Gasteiger charge is -2.36. The molecule has 2 aromatic heterocycles. The molecule has 3 atom stereocenters. The van der Waals surface area contributed by atoms with Gasteiger partial charge in [0.05, 0.1) is 30.1 Å². The molecule has 47 heavy (non-hydrogen) atoms. The van der Waals surface area contributed by atoms with Crippen LogP contribution in [0.3, 0.4) is 0 Å². The van der Waals surface area contributed by atoms with Crippen molar-refractivity contribution in [3.63, 3.8) is 0 Å². The van der Waals surface area contributed by atoms with Gasteiger partial charge in [0.15, 0.2) is 0 Å². The number of aryl methyl sites for hydroxylation is 3.